The average molecular weight is 328 g/mol. The molecule has 0 spiro atoms. The van der Waals surface area contributed by atoms with E-state index in [0.29, 0.717) is 19.6 Å². The summed E-state index contributed by atoms with van der Waals surface area (Å²) in [5.41, 5.74) is 0. The zero-order valence-electron chi connectivity index (χ0n) is 13.3. The Balaban J connectivity index is 2.00. The third-order valence-corrected chi connectivity index (χ3v) is 5.61. The van der Waals surface area contributed by atoms with Gasteiger partial charge >= 0.3 is 0 Å². The van der Waals surface area contributed by atoms with Crippen LogP contribution in [-0.4, -0.2) is 47.8 Å². The molecular weight excluding hydrogens is 304 g/mol. The van der Waals surface area contributed by atoms with Crippen molar-refractivity contribution in [3.8, 4) is 0 Å². The molecule has 1 aliphatic rings. The van der Waals surface area contributed by atoms with Crippen molar-refractivity contribution in [1.29, 1.82) is 0 Å². The Bertz CT molecular complexity index is 624. The Hall–Kier alpha value is -1.41. The molecule has 1 aliphatic heterocycles. The van der Waals surface area contributed by atoms with Crippen molar-refractivity contribution in [1.82, 2.24) is 19.2 Å². The van der Waals surface area contributed by atoms with E-state index < -0.39 is 10.0 Å². The molecular formula is C14H24N4O3S. The van der Waals surface area contributed by atoms with Gasteiger partial charge in [-0.15, -0.1) is 0 Å². The van der Waals surface area contributed by atoms with Gasteiger partial charge in [0.05, 0.1) is 6.33 Å². The number of amides is 1. The number of hydrogen-bond donors (Lipinski definition) is 1. The molecule has 1 saturated heterocycles. The lowest BCUT2D eigenvalue weighted by Crippen LogP contribution is -2.44. The molecule has 0 aliphatic carbocycles. The minimum absolute atomic E-state index is 0.00436. The maximum Gasteiger partial charge on any atom is 0.262 e. The molecule has 0 bridgehead atoms. The van der Waals surface area contributed by atoms with E-state index in [0.717, 1.165) is 12.8 Å². The van der Waals surface area contributed by atoms with Crippen LogP contribution in [0.4, 0.5) is 0 Å². The van der Waals surface area contributed by atoms with Crippen LogP contribution in [0.5, 0.6) is 0 Å². The highest BCUT2D eigenvalue weighted by Crippen LogP contribution is 2.22. The van der Waals surface area contributed by atoms with Crippen molar-refractivity contribution in [3.05, 3.63) is 12.5 Å². The maximum absolute atomic E-state index is 12.6. The van der Waals surface area contributed by atoms with E-state index in [9.17, 15) is 13.2 Å². The quantitative estimate of drug-likeness (QED) is 0.857. The van der Waals surface area contributed by atoms with Gasteiger partial charge in [-0.25, -0.2) is 13.4 Å². The van der Waals surface area contributed by atoms with E-state index >= 15 is 0 Å². The number of carbonyl (C=O) groups excluding carboxylic acids is 1. The second-order valence-corrected chi connectivity index (χ2v) is 8.03. The maximum atomic E-state index is 12.6. The molecule has 0 saturated carbocycles. The number of hydrogen-bond acceptors (Lipinski definition) is 4. The normalized spacial score (nSPS) is 20.3. The zero-order chi connectivity index (χ0) is 16.3. The summed E-state index contributed by atoms with van der Waals surface area (Å²) < 4.78 is 28.2. The van der Waals surface area contributed by atoms with E-state index in [4.69, 9.17) is 0 Å². The van der Waals surface area contributed by atoms with E-state index in [1.807, 2.05) is 13.8 Å². The third-order valence-electron chi connectivity index (χ3n) is 3.86. The summed E-state index contributed by atoms with van der Waals surface area (Å²) in [5, 5.41) is 2.97. The van der Waals surface area contributed by atoms with Crippen LogP contribution in [0.2, 0.25) is 0 Å². The van der Waals surface area contributed by atoms with Crippen LogP contribution >= 0.6 is 0 Å². The fourth-order valence-corrected chi connectivity index (χ4v) is 4.04. The Labute approximate surface area is 131 Å². The van der Waals surface area contributed by atoms with Crippen LogP contribution in [0.1, 0.15) is 26.7 Å². The first-order valence-electron chi connectivity index (χ1n) is 7.56. The van der Waals surface area contributed by atoms with Crippen LogP contribution in [-0.2, 0) is 21.9 Å². The van der Waals surface area contributed by atoms with Crippen LogP contribution < -0.4 is 5.32 Å². The third kappa shape index (κ3) is 3.86. The average Bonchev–Trinajstić information content (AvgIpc) is 2.92. The first kappa shape index (κ1) is 17.0. The Morgan fingerprint density at radius 3 is 2.82 bits per heavy atom. The number of piperidine rings is 1. The molecule has 2 rings (SSSR count). The lowest BCUT2D eigenvalue weighted by atomic mass is 9.99. The monoisotopic (exact) mass is 328 g/mol. The van der Waals surface area contributed by atoms with Gasteiger partial charge < -0.3 is 9.88 Å². The summed E-state index contributed by atoms with van der Waals surface area (Å²) in [6.07, 6.45) is 4.72. The molecule has 2 heterocycles. The minimum atomic E-state index is -3.54. The number of aromatic nitrogens is 2. The molecule has 1 aromatic rings. The summed E-state index contributed by atoms with van der Waals surface area (Å²) in [7, 11) is -1.80. The number of nitrogens with zero attached hydrogens (tertiary/aromatic N) is 3. The Morgan fingerprint density at radius 2 is 2.23 bits per heavy atom. The standard InChI is InChI=1S/C14H24N4O3S/c1-11(2)14(19)15-7-12-5-4-6-18(8-12)22(20,21)13-9-17(3)10-16-13/h9-12H,4-8H2,1-3H3,(H,15,19)/t12-/m1/s1. The largest absolute Gasteiger partial charge is 0.356 e. The highest BCUT2D eigenvalue weighted by molar-refractivity contribution is 7.89. The fourth-order valence-electron chi connectivity index (χ4n) is 2.52. The smallest absolute Gasteiger partial charge is 0.262 e. The van der Waals surface area contributed by atoms with Crippen molar-refractivity contribution in [2.45, 2.75) is 31.7 Å². The molecule has 1 N–H and O–H groups in total. The number of rotatable bonds is 5. The number of carbonyl (C=O) groups is 1. The summed E-state index contributed by atoms with van der Waals surface area (Å²) >= 11 is 0. The summed E-state index contributed by atoms with van der Waals surface area (Å²) in [6.45, 7) is 5.14. The fraction of sp³-hybridized carbons (Fsp3) is 0.714. The lowest BCUT2D eigenvalue weighted by Gasteiger charge is -2.31. The highest BCUT2D eigenvalue weighted by atomic mass is 32.2. The van der Waals surface area contributed by atoms with Crippen LogP contribution in [0.3, 0.4) is 0 Å². The van der Waals surface area contributed by atoms with Crippen molar-refractivity contribution >= 4 is 15.9 Å². The van der Waals surface area contributed by atoms with Gasteiger partial charge in [-0.2, -0.15) is 4.31 Å². The van der Waals surface area contributed by atoms with E-state index in [1.165, 1.54) is 16.8 Å². The van der Waals surface area contributed by atoms with Gasteiger partial charge in [-0.1, -0.05) is 13.8 Å². The SMILES string of the molecule is CC(C)C(=O)NC[C@H]1CCCN(S(=O)(=O)c2cn(C)cn2)C1. The summed E-state index contributed by atoms with van der Waals surface area (Å²) in [4.78, 5) is 15.6. The van der Waals surface area contributed by atoms with Crippen LogP contribution in [0.15, 0.2) is 17.6 Å². The second-order valence-electron chi connectivity index (χ2n) is 6.15. The zero-order valence-corrected chi connectivity index (χ0v) is 14.1. The van der Waals surface area contributed by atoms with Crippen molar-refractivity contribution < 1.29 is 13.2 Å². The van der Waals surface area contributed by atoms with Crippen LogP contribution in [0.25, 0.3) is 0 Å². The number of nitrogens with one attached hydrogen (secondary N) is 1. The van der Waals surface area contributed by atoms with Gasteiger partial charge in [0.1, 0.15) is 0 Å². The molecule has 1 fully saturated rings. The lowest BCUT2D eigenvalue weighted by molar-refractivity contribution is -0.124. The first-order chi connectivity index (χ1) is 10.3. The van der Waals surface area contributed by atoms with Gasteiger partial charge in [0.2, 0.25) is 5.91 Å². The summed E-state index contributed by atoms with van der Waals surface area (Å²) in [5.74, 6) is 0.0941. The van der Waals surface area contributed by atoms with Gasteiger partial charge in [-0.3, -0.25) is 4.79 Å². The van der Waals surface area contributed by atoms with Gasteiger partial charge in [0, 0.05) is 38.8 Å². The molecule has 8 heteroatoms. The Kier molecular flexibility index (Phi) is 5.23. The van der Waals surface area contributed by atoms with Crippen molar-refractivity contribution in [3.63, 3.8) is 0 Å². The van der Waals surface area contributed by atoms with E-state index in [-0.39, 0.29) is 22.8 Å². The molecule has 0 unspecified atom stereocenters. The second kappa shape index (κ2) is 6.78. The number of imidazole rings is 1. The van der Waals surface area contributed by atoms with E-state index in [2.05, 4.69) is 10.3 Å². The topological polar surface area (TPSA) is 84.3 Å². The van der Waals surface area contributed by atoms with Crippen molar-refractivity contribution in [2.24, 2.45) is 18.9 Å². The van der Waals surface area contributed by atoms with Gasteiger partial charge in [0.25, 0.3) is 10.0 Å². The minimum Gasteiger partial charge on any atom is -0.356 e. The highest BCUT2D eigenvalue weighted by Gasteiger charge is 2.31. The molecule has 1 aromatic heterocycles. The molecule has 0 radical (unpaired) electrons. The van der Waals surface area contributed by atoms with Gasteiger partial charge in [0.15, 0.2) is 5.03 Å². The number of aryl methyl sites for hydroxylation is 1. The summed E-state index contributed by atoms with van der Waals surface area (Å²) in [6, 6.07) is 0. The number of sulfonamides is 1. The molecule has 7 nitrogen and oxygen atoms in total. The van der Waals surface area contributed by atoms with Gasteiger partial charge in [-0.05, 0) is 18.8 Å². The van der Waals surface area contributed by atoms with E-state index in [1.54, 1.807) is 11.6 Å². The van der Waals surface area contributed by atoms with Crippen molar-refractivity contribution in [2.75, 3.05) is 19.6 Å². The molecule has 1 atom stereocenters. The van der Waals surface area contributed by atoms with Crippen LogP contribution in [0, 0.1) is 11.8 Å². The Morgan fingerprint density at radius 1 is 1.50 bits per heavy atom. The predicted octanol–water partition coefficient (Wildman–Crippen LogP) is 0.593. The molecule has 0 aromatic carbocycles. The molecule has 1 amide bonds. The first-order valence-corrected chi connectivity index (χ1v) is 9.00. The molecule has 22 heavy (non-hydrogen) atoms. The predicted molar refractivity (Wildman–Crippen MR) is 82.5 cm³/mol. The molecule has 124 valence electrons.